The molecule has 0 aromatic heterocycles. The Morgan fingerprint density at radius 1 is 0.938 bits per heavy atom. The Hall–Kier alpha value is -1.14. The highest BCUT2D eigenvalue weighted by Gasteiger charge is 2.06. The molecule has 2 atom stereocenters. The number of hydrogen-bond acceptors (Lipinski definition) is 6. The largest absolute Gasteiger partial charge is 0.411 e. The lowest BCUT2D eigenvalue weighted by Gasteiger charge is -2.15. The van der Waals surface area contributed by atoms with E-state index in [9.17, 15) is 0 Å². The lowest BCUT2D eigenvalue weighted by atomic mass is 10.2. The molecule has 6 nitrogen and oxygen atoms in total. The van der Waals surface area contributed by atoms with Gasteiger partial charge in [-0.05, 0) is 27.7 Å². The summed E-state index contributed by atoms with van der Waals surface area (Å²) in [6, 6.07) is 0.101. The van der Waals surface area contributed by atoms with E-state index in [1.807, 2.05) is 13.8 Å². The Morgan fingerprint density at radius 2 is 1.25 bits per heavy atom. The average Bonchev–Trinajstić information content (AvgIpc) is 2.31. The van der Waals surface area contributed by atoms with Crippen molar-refractivity contribution in [2.75, 3.05) is 13.1 Å². The van der Waals surface area contributed by atoms with Gasteiger partial charge in [-0.3, -0.25) is 0 Å². The van der Waals surface area contributed by atoms with Crippen LogP contribution in [0.5, 0.6) is 0 Å². The second-order valence-electron chi connectivity index (χ2n) is 3.83. The minimum Gasteiger partial charge on any atom is -0.411 e. The molecule has 0 rings (SSSR count). The first-order valence-electron chi connectivity index (χ1n) is 5.36. The molecule has 0 saturated heterocycles. The quantitative estimate of drug-likeness (QED) is 0.224. The summed E-state index contributed by atoms with van der Waals surface area (Å²) in [6.45, 7) is 8.87. The zero-order chi connectivity index (χ0) is 12.6. The van der Waals surface area contributed by atoms with E-state index in [1.165, 1.54) is 0 Å². The van der Waals surface area contributed by atoms with E-state index < -0.39 is 0 Å². The molecule has 0 bridgehead atoms. The summed E-state index contributed by atoms with van der Waals surface area (Å²) >= 11 is 0. The van der Waals surface area contributed by atoms with Gasteiger partial charge in [-0.25, -0.2) is 0 Å². The fraction of sp³-hybridized carbons (Fsp3) is 0.800. The summed E-state index contributed by atoms with van der Waals surface area (Å²) in [5.41, 5.74) is 1.31. The molecule has 0 saturated carbocycles. The molecular formula is C10H22N4O2. The highest BCUT2D eigenvalue weighted by atomic mass is 16.4. The van der Waals surface area contributed by atoms with Gasteiger partial charge in [-0.1, -0.05) is 10.3 Å². The molecule has 0 fully saturated rings. The van der Waals surface area contributed by atoms with Gasteiger partial charge in [0.2, 0.25) is 0 Å². The summed E-state index contributed by atoms with van der Waals surface area (Å²) in [4.78, 5) is 0. The summed E-state index contributed by atoms with van der Waals surface area (Å²) < 4.78 is 0. The molecular weight excluding hydrogens is 208 g/mol. The van der Waals surface area contributed by atoms with Gasteiger partial charge >= 0.3 is 0 Å². The first-order valence-corrected chi connectivity index (χ1v) is 5.36. The summed E-state index contributed by atoms with van der Waals surface area (Å²) in [7, 11) is 0. The minimum absolute atomic E-state index is 0.0507. The van der Waals surface area contributed by atoms with Gasteiger partial charge in [-0.2, -0.15) is 0 Å². The van der Waals surface area contributed by atoms with Gasteiger partial charge in [0.25, 0.3) is 0 Å². The molecule has 4 N–H and O–H groups in total. The highest BCUT2D eigenvalue weighted by Crippen LogP contribution is 1.87. The Balaban J connectivity index is 3.69. The van der Waals surface area contributed by atoms with Crippen LogP contribution in [-0.4, -0.2) is 47.0 Å². The molecule has 0 spiro atoms. The average molecular weight is 230 g/mol. The van der Waals surface area contributed by atoms with Crippen molar-refractivity contribution in [2.45, 2.75) is 39.8 Å². The van der Waals surface area contributed by atoms with Crippen LogP contribution < -0.4 is 10.6 Å². The van der Waals surface area contributed by atoms with E-state index in [0.29, 0.717) is 11.4 Å². The lowest BCUT2D eigenvalue weighted by Crippen LogP contribution is -2.41. The van der Waals surface area contributed by atoms with Gasteiger partial charge < -0.3 is 21.0 Å². The maximum Gasteiger partial charge on any atom is 0.0706 e. The fourth-order valence-corrected chi connectivity index (χ4v) is 1.05. The SMILES string of the molecule is C/C(=N\O)C(C)NCCNC(C)/C(C)=N/O. The Kier molecular flexibility index (Phi) is 7.49. The fourth-order valence-electron chi connectivity index (χ4n) is 1.05. The van der Waals surface area contributed by atoms with Crippen molar-refractivity contribution in [2.24, 2.45) is 10.3 Å². The maximum atomic E-state index is 8.54. The molecule has 0 aromatic rings. The van der Waals surface area contributed by atoms with Crippen molar-refractivity contribution in [3.63, 3.8) is 0 Å². The predicted octanol–water partition coefficient (Wildman–Crippen LogP) is 0.643. The Morgan fingerprint density at radius 3 is 1.50 bits per heavy atom. The number of nitrogens with one attached hydrogen (secondary N) is 2. The van der Waals surface area contributed by atoms with Crippen molar-refractivity contribution in [3.05, 3.63) is 0 Å². The molecule has 0 amide bonds. The summed E-state index contributed by atoms with van der Waals surface area (Å²) in [6.07, 6.45) is 0. The lowest BCUT2D eigenvalue weighted by molar-refractivity contribution is 0.314. The molecule has 2 unspecified atom stereocenters. The standard InChI is InChI=1S/C10H22N4O2/c1-7(9(3)13-15)11-5-6-12-8(2)10(4)14-16/h7-8,11-12,15-16H,5-6H2,1-4H3/b13-9+,14-10+. The van der Waals surface area contributed by atoms with Crippen LogP contribution in [0.4, 0.5) is 0 Å². The van der Waals surface area contributed by atoms with Gasteiger partial charge in [0.15, 0.2) is 0 Å². The smallest absolute Gasteiger partial charge is 0.0706 e. The molecule has 0 aliphatic heterocycles. The van der Waals surface area contributed by atoms with E-state index >= 15 is 0 Å². The number of nitrogens with zero attached hydrogens (tertiary/aromatic N) is 2. The van der Waals surface area contributed by atoms with Crippen LogP contribution in [0.2, 0.25) is 0 Å². The molecule has 0 radical (unpaired) electrons. The van der Waals surface area contributed by atoms with Crippen molar-refractivity contribution in [3.8, 4) is 0 Å². The molecule has 0 aromatic carbocycles. The van der Waals surface area contributed by atoms with Crippen molar-refractivity contribution >= 4 is 11.4 Å². The predicted molar refractivity (Wildman–Crippen MR) is 64.7 cm³/mol. The minimum atomic E-state index is 0.0507. The normalized spacial score (nSPS) is 17.2. The second kappa shape index (κ2) is 8.06. The monoisotopic (exact) mass is 230 g/mol. The summed E-state index contributed by atoms with van der Waals surface area (Å²) in [5, 5.41) is 29.7. The van der Waals surface area contributed by atoms with E-state index in [4.69, 9.17) is 10.4 Å². The van der Waals surface area contributed by atoms with Gasteiger partial charge in [-0.15, -0.1) is 0 Å². The van der Waals surface area contributed by atoms with Gasteiger partial charge in [0.05, 0.1) is 11.4 Å². The number of hydrogen-bond donors (Lipinski definition) is 4. The Bertz CT molecular complexity index is 227. The molecule has 0 aliphatic carbocycles. The molecule has 6 heteroatoms. The second-order valence-corrected chi connectivity index (χ2v) is 3.83. The van der Waals surface area contributed by atoms with E-state index in [0.717, 1.165) is 13.1 Å². The van der Waals surface area contributed by atoms with Gasteiger partial charge in [0, 0.05) is 25.2 Å². The number of oxime groups is 2. The first-order chi connectivity index (χ1) is 7.52. The third-order valence-electron chi connectivity index (χ3n) is 2.59. The maximum absolute atomic E-state index is 8.54. The molecule has 0 aliphatic rings. The van der Waals surface area contributed by atoms with Crippen LogP contribution in [0, 0.1) is 0 Å². The van der Waals surface area contributed by atoms with Crippen LogP contribution in [-0.2, 0) is 0 Å². The zero-order valence-electron chi connectivity index (χ0n) is 10.4. The van der Waals surface area contributed by atoms with Crippen LogP contribution in [0.25, 0.3) is 0 Å². The van der Waals surface area contributed by atoms with E-state index in [2.05, 4.69) is 20.9 Å². The topological polar surface area (TPSA) is 89.2 Å². The molecule has 94 valence electrons. The van der Waals surface area contributed by atoms with Crippen LogP contribution >= 0.6 is 0 Å². The molecule has 0 heterocycles. The zero-order valence-corrected chi connectivity index (χ0v) is 10.4. The van der Waals surface area contributed by atoms with Gasteiger partial charge in [0.1, 0.15) is 0 Å². The van der Waals surface area contributed by atoms with Crippen LogP contribution in [0.1, 0.15) is 27.7 Å². The van der Waals surface area contributed by atoms with Crippen molar-refractivity contribution in [1.29, 1.82) is 0 Å². The third kappa shape index (κ3) is 5.67. The Labute approximate surface area is 96.4 Å². The highest BCUT2D eigenvalue weighted by molar-refractivity contribution is 5.86. The summed E-state index contributed by atoms with van der Waals surface area (Å²) in [5.74, 6) is 0. The van der Waals surface area contributed by atoms with E-state index in [1.54, 1.807) is 13.8 Å². The first kappa shape index (κ1) is 14.9. The van der Waals surface area contributed by atoms with Crippen LogP contribution in [0.3, 0.4) is 0 Å². The van der Waals surface area contributed by atoms with Crippen LogP contribution in [0.15, 0.2) is 10.3 Å². The van der Waals surface area contributed by atoms with E-state index in [-0.39, 0.29) is 12.1 Å². The van der Waals surface area contributed by atoms with Crippen molar-refractivity contribution < 1.29 is 10.4 Å². The third-order valence-corrected chi connectivity index (χ3v) is 2.59. The number of rotatable bonds is 7. The van der Waals surface area contributed by atoms with Crippen molar-refractivity contribution in [1.82, 2.24) is 10.6 Å². The molecule has 16 heavy (non-hydrogen) atoms.